The summed E-state index contributed by atoms with van der Waals surface area (Å²) < 4.78 is 55.7. The van der Waals surface area contributed by atoms with Crippen LogP contribution in [0.4, 0.5) is 11.8 Å². The second-order valence-corrected chi connectivity index (χ2v) is 12.7. The topological polar surface area (TPSA) is 300 Å². The van der Waals surface area contributed by atoms with Gasteiger partial charge in [0.2, 0.25) is 5.95 Å². The Kier molecular flexibility index (Phi) is 7.09. The minimum absolute atomic E-state index is 0.0342. The summed E-state index contributed by atoms with van der Waals surface area (Å²) in [6, 6.07) is 0. The van der Waals surface area contributed by atoms with E-state index in [0.717, 1.165) is 0 Å². The third-order valence-electron chi connectivity index (χ3n) is 7.85. The largest absolute Gasteiger partial charge is 0.472 e. The molecule has 11 atom stereocenters. The molecule has 23 heteroatoms. The Morgan fingerprint density at radius 1 is 1.09 bits per heavy atom. The van der Waals surface area contributed by atoms with Crippen molar-refractivity contribution >= 4 is 50.2 Å². The number of imidazole rings is 2. The van der Waals surface area contributed by atoms with Gasteiger partial charge >= 0.3 is 16.1 Å². The molecule has 4 aromatic heterocycles. The van der Waals surface area contributed by atoms with Crippen molar-refractivity contribution in [3.8, 4) is 0 Å². The molecule has 4 unspecified atom stereocenters. The van der Waals surface area contributed by atoms with E-state index in [0.29, 0.717) is 11.2 Å². The molecule has 0 aromatic carbocycles. The van der Waals surface area contributed by atoms with E-state index in [2.05, 4.69) is 29.9 Å². The van der Waals surface area contributed by atoms with Crippen LogP contribution >= 0.6 is 16.1 Å². The van der Waals surface area contributed by atoms with Crippen LogP contribution in [0.1, 0.15) is 19.4 Å². The quantitative estimate of drug-likeness (QED) is 0.115. The van der Waals surface area contributed by atoms with Crippen LogP contribution in [0.5, 0.6) is 0 Å². The Labute approximate surface area is 245 Å². The molecule has 3 aliphatic rings. The zero-order valence-corrected chi connectivity index (χ0v) is 24.4. The fourth-order valence-corrected chi connectivity index (χ4v) is 7.34. The number of nitrogens with two attached hydrogens (primary N) is 2. The molecule has 7 rings (SSSR count). The van der Waals surface area contributed by atoms with Gasteiger partial charge in [-0.15, -0.1) is 0 Å². The minimum atomic E-state index is -4.92. The van der Waals surface area contributed by atoms with Gasteiger partial charge in [0.05, 0.1) is 31.5 Å². The average molecular weight is 656 g/mol. The van der Waals surface area contributed by atoms with E-state index in [1.807, 2.05) is 0 Å². The molecule has 0 spiro atoms. The van der Waals surface area contributed by atoms with E-state index in [9.17, 15) is 28.8 Å². The van der Waals surface area contributed by atoms with Gasteiger partial charge in [0, 0.05) is 11.8 Å². The summed E-state index contributed by atoms with van der Waals surface area (Å²) in [6.45, 7) is 1.08. The monoisotopic (exact) mass is 656 g/mol. The van der Waals surface area contributed by atoms with Crippen molar-refractivity contribution in [2.24, 2.45) is 11.8 Å². The van der Waals surface area contributed by atoms with Gasteiger partial charge in [-0.2, -0.15) is 4.98 Å². The van der Waals surface area contributed by atoms with Gasteiger partial charge < -0.3 is 40.4 Å². The van der Waals surface area contributed by atoms with Crippen LogP contribution in [0.2, 0.25) is 0 Å². The number of rotatable bonds is 9. The number of hydrogen-bond acceptors (Lipinski definition) is 16. The Hall–Kier alpha value is -3.36. The number of phosphoric ester groups is 1. The first-order valence-electron chi connectivity index (χ1n) is 13.1. The molecule has 44 heavy (non-hydrogen) atoms. The summed E-state index contributed by atoms with van der Waals surface area (Å²) in [5, 5.41) is 10.2. The number of hydrogen-bond donors (Lipinski definition) is 6. The lowest BCUT2D eigenvalue weighted by atomic mass is 10.0. The van der Waals surface area contributed by atoms with Crippen LogP contribution in [0, 0.1) is 11.8 Å². The maximum atomic E-state index is 13.2. The fraction of sp³-hybridized carbons (Fsp3) is 0.524. The third-order valence-corrected chi connectivity index (χ3v) is 9.31. The normalized spacial score (nSPS) is 33.5. The lowest BCUT2D eigenvalue weighted by Gasteiger charge is -2.26. The van der Waals surface area contributed by atoms with Gasteiger partial charge in [-0.05, 0) is 0 Å². The van der Waals surface area contributed by atoms with Crippen molar-refractivity contribution in [1.29, 1.82) is 0 Å². The Morgan fingerprint density at radius 3 is 2.57 bits per heavy atom. The first-order chi connectivity index (χ1) is 20.9. The molecule has 0 bridgehead atoms. The third kappa shape index (κ3) is 4.91. The lowest BCUT2D eigenvalue weighted by molar-refractivity contribution is -0.0735. The van der Waals surface area contributed by atoms with Crippen LogP contribution in [0.3, 0.4) is 0 Å². The van der Waals surface area contributed by atoms with Crippen molar-refractivity contribution in [2.45, 2.75) is 49.9 Å². The Morgan fingerprint density at radius 2 is 1.82 bits per heavy atom. The summed E-state index contributed by atoms with van der Waals surface area (Å²) >= 11 is 0. The van der Waals surface area contributed by atoms with Gasteiger partial charge in [-0.3, -0.25) is 32.5 Å². The van der Waals surface area contributed by atoms with Crippen LogP contribution < -0.4 is 17.0 Å². The van der Waals surface area contributed by atoms with Crippen molar-refractivity contribution in [3.05, 3.63) is 29.3 Å². The lowest BCUT2D eigenvalue weighted by Crippen LogP contribution is -2.32. The number of anilines is 2. The maximum absolute atomic E-state index is 13.2. The highest BCUT2D eigenvalue weighted by molar-refractivity contribution is 7.47. The molecule has 0 radical (unpaired) electrons. The van der Waals surface area contributed by atoms with Crippen molar-refractivity contribution in [2.75, 3.05) is 18.1 Å². The van der Waals surface area contributed by atoms with Crippen LogP contribution in [-0.2, 0) is 32.2 Å². The second-order valence-electron chi connectivity index (χ2n) is 10.5. The minimum Gasteiger partial charge on any atom is -0.390 e. The average Bonchev–Trinajstić information content (AvgIpc) is 3.43. The molecule has 3 fully saturated rings. The summed E-state index contributed by atoms with van der Waals surface area (Å²) in [4.78, 5) is 55.2. The maximum Gasteiger partial charge on any atom is 0.472 e. The van der Waals surface area contributed by atoms with Gasteiger partial charge in [0.15, 0.2) is 28.9 Å². The molecule has 2 saturated heterocycles. The first-order valence-corrected chi connectivity index (χ1v) is 15.9. The number of nitrogens with zero attached hydrogens (tertiary/aromatic N) is 7. The number of aromatic amines is 1. The number of aliphatic hydroxyl groups excluding tert-OH is 1. The van der Waals surface area contributed by atoms with E-state index >= 15 is 0 Å². The van der Waals surface area contributed by atoms with Crippen LogP contribution in [0.25, 0.3) is 22.3 Å². The highest BCUT2D eigenvalue weighted by Gasteiger charge is 2.66. The van der Waals surface area contributed by atoms with Gasteiger partial charge in [-0.25, -0.2) is 24.5 Å². The molecule has 4 aromatic rings. The second kappa shape index (κ2) is 10.6. The number of aliphatic hydroxyl groups is 1. The Bertz CT molecular complexity index is 1880. The SMILES string of the molecule is C[C@@H]1[C@H](O[PH](=O)O)[C@@H](COP(=O)(O)O[C@@H]2C3C(O)[C@H]3O[C@H]2n2cnc3c(=O)[nH]c(N)nc32)O[C@H]1n1cnc2c(N)ncnc21. The van der Waals surface area contributed by atoms with Crippen molar-refractivity contribution in [1.82, 2.24) is 39.0 Å². The molecular weight excluding hydrogens is 630 g/mol. The molecule has 21 nitrogen and oxygen atoms in total. The van der Waals surface area contributed by atoms with Gasteiger partial charge in [-0.1, -0.05) is 6.92 Å². The molecule has 0 amide bonds. The highest BCUT2D eigenvalue weighted by atomic mass is 31.2. The number of ether oxygens (including phenoxy) is 2. The molecule has 6 heterocycles. The number of nitrogens with one attached hydrogen (secondary N) is 1. The zero-order valence-electron chi connectivity index (χ0n) is 22.5. The van der Waals surface area contributed by atoms with E-state index in [1.165, 1.54) is 28.1 Å². The van der Waals surface area contributed by atoms with Gasteiger partial charge in [0.25, 0.3) is 5.56 Å². The Balaban J connectivity index is 1.10. The molecule has 1 saturated carbocycles. The number of fused-ring (bicyclic) bond motifs is 3. The number of phosphoric acid groups is 1. The predicted octanol–water partition coefficient (Wildman–Crippen LogP) is -1.19. The summed E-state index contributed by atoms with van der Waals surface area (Å²) in [6.07, 6.45) is -3.19. The van der Waals surface area contributed by atoms with E-state index in [4.69, 9.17) is 34.5 Å². The van der Waals surface area contributed by atoms with E-state index in [1.54, 1.807) is 6.92 Å². The first kappa shape index (κ1) is 29.4. The highest BCUT2D eigenvalue weighted by Crippen LogP contribution is 2.58. The van der Waals surface area contributed by atoms with Crippen LogP contribution in [0.15, 0.2) is 23.8 Å². The summed E-state index contributed by atoms with van der Waals surface area (Å²) in [5.74, 6) is -1.34. The summed E-state index contributed by atoms with van der Waals surface area (Å²) in [7, 11) is -8.39. The molecule has 236 valence electrons. The number of aromatic nitrogens is 8. The predicted molar refractivity (Wildman–Crippen MR) is 146 cm³/mol. The standard InChI is InChI=1S/C21H26N10O11P2/c1-6-12(41-43(34)35)7(39-19(6)30-4-26-9-15(22)24-3-25-16(9)30)2-38-44(36,37)42-14-8-11(32)13(8)40-20(14)31-5-27-10-17(31)28-21(23)29-18(10)33/h3-8,11-14,19-20,32,43H,2H2,1H3,(H,34,35)(H,36,37)(H2,22,24,25)(H3,23,28,29,33)/t6-,7-,8?,11?,12+,13+,14-,19-,20-/m1/s1. The van der Waals surface area contributed by atoms with E-state index in [-0.39, 0.29) is 22.9 Å². The number of nitrogen functional groups attached to an aromatic ring is 2. The van der Waals surface area contributed by atoms with E-state index < -0.39 is 83.1 Å². The molecular formula is C21H26N10O11P2. The summed E-state index contributed by atoms with van der Waals surface area (Å²) in [5.41, 5.74) is 11.6. The van der Waals surface area contributed by atoms with Crippen LogP contribution in [-0.4, -0.2) is 91.1 Å². The number of H-pyrrole nitrogens is 1. The molecule has 2 aliphatic heterocycles. The van der Waals surface area contributed by atoms with Crippen molar-refractivity contribution in [3.63, 3.8) is 0 Å². The molecule has 8 N–H and O–H groups in total. The fourth-order valence-electron chi connectivity index (χ4n) is 5.79. The molecule has 1 aliphatic carbocycles. The smallest absolute Gasteiger partial charge is 0.390 e. The zero-order chi connectivity index (χ0) is 31.1. The van der Waals surface area contributed by atoms with Gasteiger partial charge in [0.1, 0.15) is 36.4 Å². The van der Waals surface area contributed by atoms with Crippen molar-refractivity contribution < 1.29 is 47.1 Å².